The Morgan fingerprint density at radius 2 is 1.84 bits per heavy atom. The molecule has 3 rings (SSSR count). The third kappa shape index (κ3) is 6.50. The molecule has 0 aliphatic carbocycles. The topological polar surface area (TPSA) is 175 Å². The molecular formula is C26H34O11. The van der Waals surface area contributed by atoms with Crippen molar-refractivity contribution in [2.45, 2.75) is 64.5 Å². The van der Waals surface area contributed by atoms with Gasteiger partial charge in [0.25, 0.3) is 0 Å². The van der Waals surface area contributed by atoms with E-state index in [0.717, 1.165) is 0 Å². The fourth-order valence-electron chi connectivity index (χ4n) is 4.18. The molecule has 1 aliphatic heterocycles. The predicted octanol–water partition coefficient (Wildman–Crippen LogP) is 2.23. The van der Waals surface area contributed by atoms with Crippen molar-refractivity contribution in [3.63, 3.8) is 0 Å². The van der Waals surface area contributed by atoms with Crippen LogP contribution in [0.3, 0.4) is 0 Å². The number of hydrogen-bond donors (Lipinski definition) is 6. The summed E-state index contributed by atoms with van der Waals surface area (Å²) in [5.41, 5.74) is 0.903. The normalized spacial score (nSPS) is 22.6. The summed E-state index contributed by atoms with van der Waals surface area (Å²) in [4.78, 5) is 12.2. The van der Waals surface area contributed by atoms with Crippen molar-refractivity contribution < 1.29 is 54.4 Å². The predicted molar refractivity (Wildman–Crippen MR) is 130 cm³/mol. The Kier molecular flexibility index (Phi) is 9.35. The van der Waals surface area contributed by atoms with Crippen LogP contribution < -0.4 is 9.47 Å². The number of aromatic hydroxyl groups is 1. The molecule has 37 heavy (non-hydrogen) atoms. The van der Waals surface area contributed by atoms with Crippen molar-refractivity contribution in [3.05, 3.63) is 46.5 Å². The summed E-state index contributed by atoms with van der Waals surface area (Å²) < 4.78 is 22.1. The van der Waals surface area contributed by atoms with E-state index in [4.69, 9.17) is 18.9 Å². The van der Waals surface area contributed by atoms with E-state index in [0.29, 0.717) is 23.1 Å². The van der Waals surface area contributed by atoms with Crippen LogP contribution in [-0.2, 0) is 16.1 Å². The number of carboxylic acids is 1. The number of aliphatic hydroxyl groups excluding tert-OH is 4. The highest BCUT2D eigenvalue weighted by molar-refractivity contribution is 5.95. The molecule has 204 valence electrons. The van der Waals surface area contributed by atoms with Gasteiger partial charge in [0.2, 0.25) is 0 Å². The first-order valence-corrected chi connectivity index (χ1v) is 11.8. The van der Waals surface area contributed by atoms with Gasteiger partial charge in [-0.25, -0.2) is 4.79 Å². The van der Waals surface area contributed by atoms with Crippen LogP contribution in [0.4, 0.5) is 0 Å². The highest BCUT2D eigenvalue weighted by Gasteiger charge is 2.38. The quantitative estimate of drug-likeness (QED) is 0.270. The number of phenolic OH excluding ortho intramolecular Hbond substituents is 1. The van der Waals surface area contributed by atoms with E-state index in [1.165, 1.54) is 25.3 Å². The monoisotopic (exact) mass is 522 g/mol. The second-order valence-electron chi connectivity index (χ2n) is 9.45. The first kappa shape index (κ1) is 28.6. The minimum atomic E-state index is -1.51. The van der Waals surface area contributed by atoms with E-state index in [9.17, 15) is 35.4 Å². The molecule has 2 aromatic rings. The Hall–Kier alpha value is -2.93. The van der Waals surface area contributed by atoms with Crippen molar-refractivity contribution in [1.82, 2.24) is 0 Å². The van der Waals surface area contributed by atoms with Crippen LogP contribution in [0.5, 0.6) is 23.0 Å². The van der Waals surface area contributed by atoms with Gasteiger partial charge in [0.05, 0.1) is 26.4 Å². The van der Waals surface area contributed by atoms with Crippen molar-refractivity contribution in [2.75, 3.05) is 13.7 Å². The van der Waals surface area contributed by atoms with Crippen molar-refractivity contribution in [1.29, 1.82) is 0 Å². The van der Waals surface area contributed by atoms with Crippen LogP contribution in [-0.4, -0.2) is 74.9 Å². The first-order valence-electron chi connectivity index (χ1n) is 11.8. The summed E-state index contributed by atoms with van der Waals surface area (Å²) in [7, 11) is 1.29. The Labute approximate surface area is 214 Å². The summed E-state index contributed by atoms with van der Waals surface area (Å²) in [5, 5.41) is 60.9. The zero-order valence-electron chi connectivity index (χ0n) is 21.1. The van der Waals surface area contributed by atoms with Gasteiger partial charge in [0.15, 0.2) is 17.8 Å². The number of carboxylic acid groups (broad SMARTS) is 1. The van der Waals surface area contributed by atoms with Gasteiger partial charge in [-0.1, -0.05) is 13.8 Å². The Bertz CT molecular complexity index is 1100. The van der Waals surface area contributed by atoms with Gasteiger partial charge < -0.3 is 49.6 Å². The fraction of sp³-hybridized carbons (Fsp3) is 0.500. The van der Waals surface area contributed by atoms with Gasteiger partial charge in [-0.2, -0.15) is 0 Å². The lowest BCUT2D eigenvalue weighted by Crippen LogP contribution is -2.53. The molecule has 0 bridgehead atoms. The molecule has 11 nitrogen and oxygen atoms in total. The van der Waals surface area contributed by atoms with Gasteiger partial charge in [-0.05, 0) is 49.1 Å². The maximum absolute atomic E-state index is 12.2. The highest BCUT2D eigenvalue weighted by atomic mass is 16.7. The van der Waals surface area contributed by atoms with E-state index < -0.39 is 36.7 Å². The van der Waals surface area contributed by atoms with Crippen LogP contribution in [0.25, 0.3) is 0 Å². The second-order valence-corrected chi connectivity index (χ2v) is 9.45. The zero-order chi connectivity index (χ0) is 27.4. The van der Waals surface area contributed by atoms with Gasteiger partial charge in [0, 0.05) is 11.1 Å². The average Bonchev–Trinajstić information content (AvgIpc) is 2.82. The number of carbonyl (C=O) groups is 1. The van der Waals surface area contributed by atoms with Gasteiger partial charge in [-0.3, -0.25) is 0 Å². The molecule has 2 aromatic carbocycles. The Balaban J connectivity index is 1.96. The molecule has 5 atom stereocenters. The molecule has 1 fully saturated rings. The molecule has 0 radical (unpaired) electrons. The number of hydrogen-bond acceptors (Lipinski definition) is 10. The highest BCUT2D eigenvalue weighted by Crippen LogP contribution is 2.42. The molecule has 0 spiro atoms. The molecule has 11 heteroatoms. The Morgan fingerprint density at radius 1 is 1.14 bits per heavy atom. The standard InChI is InChI=1S/C26H34O11/c1-12(2)7-16(27)15-5-6-19(20(25(32)33)24(15)34-4)37-23-14(8-13(3)9-17(23)28)10-35-26-22(31)21(30)18(29)11-36-26/h5-6,8-9,12,16,18,21-22,26-31H,7,10-11H2,1-4H3,(H,32,33)/t16-,18-,21+,22-,26-/m1/s1. The van der Waals surface area contributed by atoms with Crippen molar-refractivity contribution in [2.24, 2.45) is 5.92 Å². The third-order valence-corrected chi connectivity index (χ3v) is 5.98. The molecule has 0 amide bonds. The van der Waals surface area contributed by atoms with E-state index >= 15 is 0 Å². The average molecular weight is 523 g/mol. The largest absolute Gasteiger partial charge is 0.504 e. The van der Waals surface area contributed by atoms with Crippen LogP contribution >= 0.6 is 0 Å². The number of ether oxygens (including phenoxy) is 4. The molecule has 1 aliphatic rings. The lowest BCUT2D eigenvalue weighted by Gasteiger charge is -2.34. The summed E-state index contributed by atoms with van der Waals surface area (Å²) in [6.07, 6.45) is -6.07. The summed E-state index contributed by atoms with van der Waals surface area (Å²) in [6.45, 7) is 5.07. The zero-order valence-corrected chi connectivity index (χ0v) is 21.1. The van der Waals surface area contributed by atoms with E-state index in [2.05, 4.69) is 0 Å². The van der Waals surface area contributed by atoms with Crippen LogP contribution in [0, 0.1) is 12.8 Å². The smallest absolute Gasteiger partial charge is 0.343 e. The van der Waals surface area contributed by atoms with Crippen LogP contribution in [0.1, 0.15) is 53.4 Å². The summed E-state index contributed by atoms with van der Waals surface area (Å²) in [6, 6.07) is 5.94. The number of rotatable bonds is 10. The summed E-state index contributed by atoms with van der Waals surface area (Å²) >= 11 is 0. The molecule has 6 N–H and O–H groups in total. The van der Waals surface area contributed by atoms with Crippen LogP contribution in [0.15, 0.2) is 24.3 Å². The van der Waals surface area contributed by atoms with Gasteiger partial charge in [-0.15, -0.1) is 0 Å². The van der Waals surface area contributed by atoms with Crippen LogP contribution in [0.2, 0.25) is 0 Å². The number of benzene rings is 2. The minimum Gasteiger partial charge on any atom is -0.504 e. The maximum Gasteiger partial charge on any atom is 0.343 e. The minimum absolute atomic E-state index is 0.0613. The fourth-order valence-corrected chi connectivity index (χ4v) is 4.18. The van der Waals surface area contributed by atoms with Gasteiger partial charge in [0.1, 0.15) is 35.4 Å². The maximum atomic E-state index is 12.2. The molecule has 0 unspecified atom stereocenters. The lowest BCUT2D eigenvalue weighted by molar-refractivity contribution is -0.273. The Morgan fingerprint density at radius 3 is 2.46 bits per heavy atom. The number of aromatic carboxylic acids is 1. The van der Waals surface area contributed by atoms with E-state index in [1.807, 2.05) is 13.8 Å². The van der Waals surface area contributed by atoms with E-state index in [1.54, 1.807) is 13.0 Å². The van der Waals surface area contributed by atoms with E-state index in [-0.39, 0.29) is 47.7 Å². The first-order chi connectivity index (χ1) is 17.4. The van der Waals surface area contributed by atoms with Gasteiger partial charge >= 0.3 is 5.97 Å². The van der Waals surface area contributed by atoms with Crippen molar-refractivity contribution in [3.8, 4) is 23.0 Å². The summed E-state index contributed by atoms with van der Waals surface area (Å²) in [5.74, 6) is -1.81. The molecule has 0 aromatic heterocycles. The number of methoxy groups -OCH3 is 1. The van der Waals surface area contributed by atoms with Crippen molar-refractivity contribution >= 4 is 5.97 Å². The molecule has 1 heterocycles. The molecule has 0 saturated carbocycles. The number of aryl methyl sites for hydroxylation is 1. The molecular weight excluding hydrogens is 488 g/mol. The number of phenols is 1. The number of aliphatic hydroxyl groups is 4. The SMILES string of the molecule is COc1c([C@H](O)CC(C)C)ccc(Oc2c(O)cc(C)cc2CO[C@@H]2OC[C@@H](O)[C@H](O)[C@H]2O)c1C(=O)O. The molecule has 1 saturated heterocycles. The second kappa shape index (κ2) is 12.1. The third-order valence-electron chi connectivity index (χ3n) is 5.98. The lowest BCUT2D eigenvalue weighted by atomic mass is 9.96.